The molecule has 1 aliphatic heterocycles. The summed E-state index contributed by atoms with van der Waals surface area (Å²) in [4.78, 5) is 8.78. The summed E-state index contributed by atoms with van der Waals surface area (Å²) >= 11 is 1.87. The van der Waals surface area contributed by atoms with E-state index in [0.29, 0.717) is 12.1 Å². The van der Waals surface area contributed by atoms with Crippen LogP contribution in [-0.4, -0.2) is 35.1 Å². The Morgan fingerprint density at radius 2 is 2.14 bits per heavy atom. The Morgan fingerprint density at radius 3 is 2.71 bits per heavy atom. The van der Waals surface area contributed by atoms with Crippen molar-refractivity contribution in [3.05, 3.63) is 15.6 Å². The molecule has 3 nitrogen and oxygen atoms in total. The van der Waals surface area contributed by atoms with E-state index in [1.807, 2.05) is 11.3 Å². The quantitative estimate of drug-likeness (QED) is 0.867. The van der Waals surface area contributed by atoms with Gasteiger partial charge in [-0.25, -0.2) is 4.98 Å². The first-order chi connectivity index (χ1) is 9.99. The Labute approximate surface area is 134 Å². The smallest absolute Gasteiger partial charge is 0.107 e. The normalized spacial score (nSPS) is 23.9. The van der Waals surface area contributed by atoms with Crippen molar-refractivity contribution < 1.29 is 0 Å². The zero-order valence-corrected chi connectivity index (χ0v) is 15.1. The van der Waals surface area contributed by atoms with Crippen LogP contribution in [0.5, 0.6) is 0 Å². The fraction of sp³-hybridized carbons (Fsp3) is 0.824. The highest BCUT2D eigenvalue weighted by atomic mass is 32.1. The monoisotopic (exact) mass is 309 g/mol. The molecule has 1 aromatic rings. The topological polar surface area (TPSA) is 28.2 Å². The maximum atomic E-state index is 4.74. The molecule has 0 bridgehead atoms. The van der Waals surface area contributed by atoms with E-state index in [9.17, 15) is 0 Å². The standard InChI is InChI=1S/C17H31N3S/c1-6-7-16-9-18-15(8-12(2)3)10-20(16)11-17-19-13(4)14(5)21-17/h12,15-16,18H,6-11H2,1-5H3. The van der Waals surface area contributed by atoms with Crippen LogP contribution >= 0.6 is 11.3 Å². The molecule has 1 saturated heterocycles. The molecule has 4 heteroatoms. The molecule has 0 aliphatic carbocycles. The third kappa shape index (κ3) is 4.76. The van der Waals surface area contributed by atoms with Crippen LogP contribution in [0.1, 0.15) is 55.6 Å². The predicted octanol–water partition coefficient (Wildman–Crippen LogP) is 3.75. The fourth-order valence-electron chi connectivity index (χ4n) is 3.25. The SMILES string of the molecule is CCCC1CNC(CC(C)C)CN1Cc1nc(C)c(C)s1. The van der Waals surface area contributed by atoms with Crippen molar-refractivity contribution in [3.8, 4) is 0 Å². The van der Waals surface area contributed by atoms with Gasteiger partial charge in [0.15, 0.2) is 0 Å². The minimum atomic E-state index is 0.639. The number of aromatic nitrogens is 1. The second-order valence-electron chi connectivity index (χ2n) is 6.86. The molecule has 0 amide bonds. The van der Waals surface area contributed by atoms with E-state index in [4.69, 9.17) is 4.98 Å². The molecule has 2 unspecified atom stereocenters. The summed E-state index contributed by atoms with van der Waals surface area (Å²) in [5, 5.41) is 5.05. The van der Waals surface area contributed by atoms with E-state index in [1.54, 1.807) is 0 Å². The number of hydrogen-bond donors (Lipinski definition) is 1. The summed E-state index contributed by atoms with van der Waals surface area (Å²) in [6, 6.07) is 1.31. The molecule has 2 heterocycles. The van der Waals surface area contributed by atoms with Crippen LogP contribution in [-0.2, 0) is 6.54 Å². The lowest BCUT2D eigenvalue weighted by Crippen LogP contribution is -2.56. The number of thiazole rings is 1. The maximum Gasteiger partial charge on any atom is 0.107 e. The van der Waals surface area contributed by atoms with Crippen LogP contribution in [0.25, 0.3) is 0 Å². The van der Waals surface area contributed by atoms with Crippen LogP contribution in [0.2, 0.25) is 0 Å². The van der Waals surface area contributed by atoms with Gasteiger partial charge in [-0.1, -0.05) is 27.2 Å². The average Bonchev–Trinajstić information content (AvgIpc) is 2.71. The van der Waals surface area contributed by atoms with E-state index in [1.165, 1.54) is 41.4 Å². The second-order valence-corrected chi connectivity index (χ2v) is 8.14. The minimum Gasteiger partial charge on any atom is -0.311 e. The van der Waals surface area contributed by atoms with Crippen molar-refractivity contribution in [2.45, 2.75) is 72.5 Å². The highest BCUT2D eigenvalue weighted by Gasteiger charge is 2.28. The fourth-order valence-corrected chi connectivity index (χ4v) is 4.21. The Kier molecular flexibility index (Phi) is 6.20. The molecule has 1 aliphatic rings. The lowest BCUT2D eigenvalue weighted by Gasteiger charge is -2.40. The van der Waals surface area contributed by atoms with Crippen molar-refractivity contribution in [2.24, 2.45) is 5.92 Å². The lowest BCUT2D eigenvalue weighted by atomic mass is 9.98. The number of hydrogen-bond acceptors (Lipinski definition) is 4. The number of piperazine rings is 1. The van der Waals surface area contributed by atoms with Gasteiger partial charge in [-0.2, -0.15) is 0 Å². The first-order valence-electron chi connectivity index (χ1n) is 8.39. The van der Waals surface area contributed by atoms with Gasteiger partial charge in [-0.05, 0) is 32.6 Å². The third-order valence-electron chi connectivity index (χ3n) is 4.40. The molecule has 1 fully saturated rings. The van der Waals surface area contributed by atoms with Gasteiger partial charge in [0.25, 0.3) is 0 Å². The highest BCUT2D eigenvalue weighted by Crippen LogP contribution is 2.22. The number of nitrogens with one attached hydrogen (secondary N) is 1. The van der Waals surface area contributed by atoms with Gasteiger partial charge < -0.3 is 5.32 Å². The molecule has 2 rings (SSSR count). The van der Waals surface area contributed by atoms with Gasteiger partial charge in [-0.3, -0.25) is 4.90 Å². The summed E-state index contributed by atoms with van der Waals surface area (Å²) in [7, 11) is 0. The molecular weight excluding hydrogens is 278 g/mol. The second kappa shape index (κ2) is 7.70. The number of nitrogens with zero attached hydrogens (tertiary/aromatic N) is 2. The van der Waals surface area contributed by atoms with Crippen molar-refractivity contribution in [1.29, 1.82) is 0 Å². The largest absolute Gasteiger partial charge is 0.311 e. The van der Waals surface area contributed by atoms with Gasteiger partial charge in [0.05, 0.1) is 12.2 Å². The molecule has 120 valence electrons. The van der Waals surface area contributed by atoms with Crippen LogP contribution in [0.4, 0.5) is 0 Å². The van der Waals surface area contributed by atoms with Crippen LogP contribution in [0.3, 0.4) is 0 Å². The van der Waals surface area contributed by atoms with Gasteiger partial charge in [0, 0.05) is 30.1 Å². The van der Waals surface area contributed by atoms with Crippen molar-refractivity contribution in [2.75, 3.05) is 13.1 Å². The Balaban J connectivity index is 2.02. The van der Waals surface area contributed by atoms with Gasteiger partial charge in [-0.15, -0.1) is 11.3 Å². The number of rotatable bonds is 6. The van der Waals surface area contributed by atoms with Crippen LogP contribution in [0, 0.1) is 19.8 Å². The van der Waals surface area contributed by atoms with E-state index in [-0.39, 0.29) is 0 Å². The summed E-state index contributed by atoms with van der Waals surface area (Å²) < 4.78 is 0. The van der Waals surface area contributed by atoms with Crippen LogP contribution in [0.15, 0.2) is 0 Å². The maximum absolute atomic E-state index is 4.74. The van der Waals surface area contributed by atoms with Gasteiger partial charge in [0.1, 0.15) is 5.01 Å². The van der Waals surface area contributed by atoms with Crippen molar-refractivity contribution >= 4 is 11.3 Å². The molecule has 21 heavy (non-hydrogen) atoms. The highest BCUT2D eigenvalue weighted by molar-refractivity contribution is 7.11. The first-order valence-corrected chi connectivity index (χ1v) is 9.21. The van der Waals surface area contributed by atoms with E-state index in [0.717, 1.165) is 19.0 Å². The Bertz CT molecular complexity index is 422. The lowest BCUT2D eigenvalue weighted by molar-refractivity contribution is 0.107. The molecule has 0 spiro atoms. The molecule has 1 aromatic heterocycles. The van der Waals surface area contributed by atoms with Gasteiger partial charge in [0.2, 0.25) is 0 Å². The van der Waals surface area contributed by atoms with E-state index in [2.05, 4.69) is 44.8 Å². The van der Waals surface area contributed by atoms with Crippen LogP contribution < -0.4 is 5.32 Å². The summed E-state index contributed by atoms with van der Waals surface area (Å²) in [6.07, 6.45) is 3.81. The molecule has 0 aromatic carbocycles. The summed E-state index contributed by atoms with van der Waals surface area (Å²) in [6.45, 7) is 14.6. The molecule has 1 N–H and O–H groups in total. The van der Waals surface area contributed by atoms with Crippen molar-refractivity contribution in [3.63, 3.8) is 0 Å². The minimum absolute atomic E-state index is 0.639. The Hall–Kier alpha value is -0.450. The van der Waals surface area contributed by atoms with Crippen molar-refractivity contribution in [1.82, 2.24) is 15.2 Å². The predicted molar refractivity (Wildman–Crippen MR) is 91.9 cm³/mol. The first kappa shape index (κ1) is 16.9. The molecule has 0 saturated carbocycles. The third-order valence-corrected chi connectivity index (χ3v) is 5.46. The summed E-state index contributed by atoms with van der Waals surface area (Å²) in [5.41, 5.74) is 1.20. The Morgan fingerprint density at radius 1 is 1.38 bits per heavy atom. The average molecular weight is 310 g/mol. The van der Waals surface area contributed by atoms with Gasteiger partial charge >= 0.3 is 0 Å². The molecule has 0 radical (unpaired) electrons. The van der Waals surface area contributed by atoms with E-state index < -0.39 is 0 Å². The molecular formula is C17H31N3S. The molecule has 2 atom stereocenters. The number of aryl methyl sites for hydroxylation is 2. The summed E-state index contributed by atoms with van der Waals surface area (Å²) in [5.74, 6) is 0.761. The zero-order chi connectivity index (χ0) is 15.4. The zero-order valence-electron chi connectivity index (χ0n) is 14.3. The van der Waals surface area contributed by atoms with E-state index >= 15 is 0 Å².